The number of carbonyl (C=O) groups excluding carboxylic acids is 1. The Morgan fingerprint density at radius 1 is 1.55 bits per heavy atom. The summed E-state index contributed by atoms with van der Waals surface area (Å²) in [5, 5.41) is 1.07. The summed E-state index contributed by atoms with van der Waals surface area (Å²) in [5.41, 5.74) is 0.0342. The van der Waals surface area contributed by atoms with Crippen molar-refractivity contribution in [1.29, 1.82) is 0 Å². The van der Waals surface area contributed by atoms with Gasteiger partial charge in [0.15, 0.2) is 0 Å². The molecule has 0 bridgehead atoms. The number of halogens is 1. The maximum atomic E-state index is 11.8. The minimum atomic E-state index is -0.449. The zero-order chi connectivity index (χ0) is 14.7. The SMILES string of the molecule is CCOC(=O)c1sc(C)nc1Cn1cc(Cl)cnc1=O. The second-order valence-electron chi connectivity index (χ2n) is 3.91. The summed E-state index contributed by atoms with van der Waals surface area (Å²) in [6, 6.07) is 0. The first-order valence-corrected chi connectivity index (χ1v) is 7.06. The highest BCUT2D eigenvalue weighted by Crippen LogP contribution is 2.20. The number of carbonyl (C=O) groups is 1. The molecule has 0 aliphatic carbocycles. The molecule has 0 spiro atoms. The van der Waals surface area contributed by atoms with Crippen LogP contribution in [0.2, 0.25) is 5.02 Å². The van der Waals surface area contributed by atoms with Gasteiger partial charge in [-0.25, -0.2) is 19.6 Å². The summed E-state index contributed by atoms with van der Waals surface area (Å²) in [4.78, 5) is 31.8. The van der Waals surface area contributed by atoms with E-state index in [1.807, 2.05) is 0 Å². The van der Waals surface area contributed by atoms with Crippen LogP contribution >= 0.6 is 22.9 Å². The van der Waals surface area contributed by atoms with Crippen molar-refractivity contribution < 1.29 is 9.53 Å². The molecule has 0 aromatic carbocycles. The lowest BCUT2D eigenvalue weighted by Crippen LogP contribution is -2.23. The summed E-state index contributed by atoms with van der Waals surface area (Å²) in [7, 11) is 0. The first-order valence-electron chi connectivity index (χ1n) is 5.86. The summed E-state index contributed by atoms with van der Waals surface area (Å²) < 4.78 is 6.28. The fraction of sp³-hybridized carbons (Fsp3) is 0.333. The maximum absolute atomic E-state index is 11.8. The number of hydrogen-bond acceptors (Lipinski definition) is 6. The Bertz CT molecular complexity index is 695. The number of esters is 1. The van der Waals surface area contributed by atoms with E-state index in [-0.39, 0.29) is 13.2 Å². The van der Waals surface area contributed by atoms with Gasteiger partial charge in [0, 0.05) is 6.20 Å². The lowest BCUT2D eigenvalue weighted by molar-refractivity contribution is 0.0530. The molecule has 2 heterocycles. The molecule has 0 amide bonds. The van der Waals surface area contributed by atoms with Crippen LogP contribution in [-0.2, 0) is 11.3 Å². The minimum Gasteiger partial charge on any atom is -0.462 e. The fourth-order valence-electron chi connectivity index (χ4n) is 1.64. The molecule has 0 saturated carbocycles. The number of aryl methyl sites for hydroxylation is 1. The number of hydrogen-bond donors (Lipinski definition) is 0. The highest BCUT2D eigenvalue weighted by Gasteiger charge is 2.18. The summed E-state index contributed by atoms with van der Waals surface area (Å²) in [6.07, 6.45) is 2.74. The average Bonchev–Trinajstić information content (AvgIpc) is 2.75. The molecule has 106 valence electrons. The smallest absolute Gasteiger partial charge is 0.350 e. The van der Waals surface area contributed by atoms with Gasteiger partial charge in [-0.05, 0) is 13.8 Å². The molecule has 2 rings (SSSR count). The van der Waals surface area contributed by atoms with Crippen molar-refractivity contribution in [3.8, 4) is 0 Å². The van der Waals surface area contributed by atoms with E-state index in [0.29, 0.717) is 15.6 Å². The van der Waals surface area contributed by atoms with Crippen molar-refractivity contribution in [2.24, 2.45) is 0 Å². The molecule has 0 N–H and O–H groups in total. The van der Waals surface area contributed by atoms with Gasteiger partial charge in [-0.15, -0.1) is 11.3 Å². The predicted molar refractivity (Wildman–Crippen MR) is 75.4 cm³/mol. The number of rotatable bonds is 4. The molecule has 2 aromatic rings. The van der Waals surface area contributed by atoms with Gasteiger partial charge < -0.3 is 4.74 Å². The van der Waals surface area contributed by atoms with Crippen LogP contribution in [0.1, 0.15) is 27.3 Å². The van der Waals surface area contributed by atoms with Crippen LogP contribution in [0.15, 0.2) is 17.2 Å². The molecule has 8 heteroatoms. The average molecular weight is 314 g/mol. The Kier molecular flexibility index (Phi) is 4.51. The molecule has 20 heavy (non-hydrogen) atoms. The fourth-order valence-corrected chi connectivity index (χ4v) is 2.62. The summed E-state index contributed by atoms with van der Waals surface area (Å²) >= 11 is 7.05. The van der Waals surface area contributed by atoms with E-state index in [0.717, 1.165) is 5.01 Å². The highest BCUT2D eigenvalue weighted by atomic mass is 35.5. The number of thiazole rings is 1. The molecule has 0 saturated heterocycles. The lowest BCUT2D eigenvalue weighted by Gasteiger charge is -2.05. The van der Waals surface area contributed by atoms with Gasteiger partial charge in [0.2, 0.25) is 0 Å². The minimum absolute atomic E-state index is 0.130. The van der Waals surface area contributed by atoms with Gasteiger partial charge in [-0.2, -0.15) is 0 Å². The quantitative estimate of drug-likeness (QED) is 0.806. The van der Waals surface area contributed by atoms with Crippen LogP contribution in [0.3, 0.4) is 0 Å². The largest absolute Gasteiger partial charge is 0.462 e. The van der Waals surface area contributed by atoms with Crippen LogP contribution in [0.5, 0.6) is 0 Å². The normalized spacial score (nSPS) is 10.6. The van der Waals surface area contributed by atoms with Gasteiger partial charge in [-0.1, -0.05) is 11.6 Å². The molecule has 0 fully saturated rings. The van der Waals surface area contributed by atoms with Gasteiger partial charge in [-0.3, -0.25) is 4.57 Å². The van der Waals surface area contributed by atoms with E-state index in [2.05, 4.69) is 9.97 Å². The molecule has 6 nitrogen and oxygen atoms in total. The topological polar surface area (TPSA) is 74.1 Å². The van der Waals surface area contributed by atoms with E-state index in [9.17, 15) is 9.59 Å². The van der Waals surface area contributed by atoms with Crippen molar-refractivity contribution in [3.05, 3.63) is 43.5 Å². The van der Waals surface area contributed by atoms with Gasteiger partial charge >= 0.3 is 11.7 Å². The van der Waals surface area contributed by atoms with Crippen LogP contribution in [0.4, 0.5) is 0 Å². The number of aromatic nitrogens is 3. The first kappa shape index (κ1) is 14.7. The van der Waals surface area contributed by atoms with Crippen LogP contribution in [0, 0.1) is 6.92 Å². The molecular formula is C12H12ClN3O3S. The molecule has 2 aromatic heterocycles. The van der Waals surface area contributed by atoms with Gasteiger partial charge in [0.1, 0.15) is 4.88 Å². The highest BCUT2D eigenvalue weighted by molar-refractivity contribution is 7.13. The third kappa shape index (κ3) is 3.23. The molecule has 0 unspecified atom stereocenters. The van der Waals surface area contributed by atoms with Crippen molar-refractivity contribution >= 4 is 28.9 Å². The Hall–Kier alpha value is -1.73. The predicted octanol–water partition coefficient (Wildman–Crippen LogP) is 1.89. The van der Waals surface area contributed by atoms with Crippen LogP contribution in [0.25, 0.3) is 0 Å². The lowest BCUT2D eigenvalue weighted by atomic mass is 10.3. The second kappa shape index (κ2) is 6.15. The Labute approximate surface area is 124 Å². The van der Waals surface area contributed by atoms with E-state index in [4.69, 9.17) is 16.3 Å². The molecule has 0 aliphatic rings. The number of nitrogens with zero attached hydrogens (tertiary/aromatic N) is 3. The Morgan fingerprint density at radius 3 is 3.00 bits per heavy atom. The van der Waals surface area contributed by atoms with E-state index in [1.54, 1.807) is 13.8 Å². The second-order valence-corrected chi connectivity index (χ2v) is 5.55. The third-order valence-corrected chi connectivity index (χ3v) is 3.60. The van der Waals surface area contributed by atoms with Crippen molar-refractivity contribution in [1.82, 2.24) is 14.5 Å². The van der Waals surface area contributed by atoms with Crippen molar-refractivity contribution in [3.63, 3.8) is 0 Å². The molecule has 0 atom stereocenters. The monoisotopic (exact) mass is 313 g/mol. The van der Waals surface area contributed by atoms with Crippen molar-refractivity contribution in [2.45, 2.75) is 20.4 Å². The van der Waals surface area contributed by atoms with Gasteiger partial charge in [0.25, 0.3) is 0 Å². The third-order valence-electron chi connectivity index (χ3n) is 2.41. The summed E-state index contributed by atoms with van der Waals surface area (Å²) in [5.74, 6) is -0.434. The molecule has 0 aliphatic heterocycles. The van der Waals surface area contributed by atoms with Crippen LogP contribution < -0.4 is 5.69 Å². The standard InChI is InChI=1S/C12H12ClN3O3S/c1-3-19-11(17)10-9(15-7(2)20-10)6-16-5-8(13)4-14-12(16)18/h4-5H,3,6H2,1-2H3. The van der Waals surface area contributed by atoms with E-state index >= 15 is 0 Å². The van der Waals surface area contributed by atoms with Crippen molar-refractivity contribution in [2.75, 3.05) is 6.61 Å². The zero-order valence-corrected chi connectivity index (χ0v) is 12.5. The van der Waals surface area contributed by atoms with Gasteiger partial charge in [0.05, 0.1) is 35.1 Å². The van der Waals surface area contributed by atoms with Crippen LogP contribution in [-0.4, -0.2) is 27.1 Å². The maximum Gasteiger partial charge on any atom is 0.350 e. The molecular weight excluding hydrogens is 302 g/mol. The first-order chi connectivity index (χ1) is 9.51. The molecule has 0 radical (unpaired) electrons. The Balaban J connectivity index is 2.36. The van der Waals surface area contributed by atoms with E-state index in [1.165, 1.54) is 28.3 Å². The number of ether oxygens (including phenoxy) is 1. The summed E-state index contributed by atoms with van der Waals surface area (Å²) in [6.45, 7) is 3.94. The zero-order valence-electron chi connectivity index (χ0n) is 10.9. The van der Waals surface area contributed by atoms with E-state index < -0.39 is 11.7 Å². The Morgan fingerprint density at radius 2 is 2.30 bits per heavy atom.